The fraction of sp³-hybridized carbons (Fsp3) is 0.435. The SMILES string of the molecule is CCn1c(=O)c(C=C2SC(=S)N(CCCOC)C2=O)c(N2CCOCC2)c2ccccc21. The Balaban J connectivity index is 1.85. The number of amides is 1. The molecule has 2 aliphatic heterocycles. The number of nitrogens with zero attached hydrogens (tertiary/aromatic N) is 3. The summed E-state index contributed by atoms with van der Waals surface area (Å²) in [4.78, 5) is 31.0. The van der Waals surface area contributed by atoms with Crippen LogP contribution in [0.1, 0.15) is 18.9 Å². The number of ether oxygens (including phenoxy) is 2. The summed E-state index contributed by atoms with van der Waals surface area (Å²) in [6.45, 7) is 6.16. The minimum Gasteiger partial charge on any atom is -0.385 e. The average molecular weight is 474 g/mol. The normalized spacial score (nSPS) is 18.4. The molecule has 0 saturated carbocycles. The van der Waals surface area contributed by atoms with Crippen molar-refractivity contribution >= 4 is 56.9 Å². The van der Waals surface area contributed by atoms with Crippen LogP contribution in [0.15, 0.2) is 34.0 Å². The molecule has 0 unspecified atom stereocenters. The average Bonchev–Trinajstić information content (AvgIpc) is 3.08. The van der Waals surface area contributed by atoms with Gasteiger partial charge in [-0.3, -0.25) is 14.5 Å². The summed E-state index contributed by atoms with van der Waals surface area (Å²) in [6.07, 6.45) is 2.44. The number of thioether (sulfide) groups is 1. The molecule has 2 saturated heterocycles. The van der Waals surface area contributed by atoms with Gasteiger partial charge in [0.05, 0.1) is 34.9 Å². The van der Waals surface area contributed by atoms with Crippen LogP contribution in [0, 0.1) is 0 Å². The zero-order valence-corrected chi connectivity index (χ0v) is 20.0. The summed E-state index contributed by atoms with van der Waals surface area (Å²) in [5.74, 6) is -0.153. The number of aryl methyl sites for hydroxylation is 1. The maximum atomic E-state index is 13.6. The van der Waals surface area contributed by atoms with E-state index in [0.717, 1.165) is 16.6 Å². The first-order valence-electron chi connectivity index (χ1n) is 10.8. The highest BCUT2D eigenvalue weighted by atomic mass is 32.2. The van der Waals surface area contributed by atoms with E-state index in [1.807, 2.05) is 31.2 Å². The van der Waals surface area contributed by atoms with Gasteiger partial charge in [0.2, 0.25) is 0 Å². The van der Waals surface area contributed by atoms with E-state index in [1.54, 1.807) is 22.7 Å². The second-order valence-corrected chi connectivity index (χ2v) is 9.28. The molecule has 1 aromatic heterocycles. The Morgan fingerprint density at radius 2 is 1.97 bits per heavy atom. The lowest BCUT2D eigenvalue weighted by atomic mass is 10.1. The zero-order chi connectivity index (χ0) is 22.7. The van der Waals surface area contributed by atoms with E-state index in [9.17, 15) is 9.59 Å². The number of aromatic nitrogens is 1. The molecule has 0 radical (unpaired) electrons. The van der Waals surface area contributed by atoms with Gasteiger partial charge in [-0.1, -0.05) is 42.2 Å². The van der Waals surface area contributed by atoms with Crippen LogP contribution < -0.4 is 10.5 Å². The summed E-state index contributed by atoms with van der Waals surface area (Å²) in [7, 11) is 1.63. The topological polar surface area (TPSA) is 64.0 Å². The van der Waals surface area contributed by atoms with Crippen LogP contribution >= 0.6 is 24.0 Å². The lowest BCUT2D eigenvalue weighted by Gasteiger charge is -2.31. The number of carbonyl (C=O) groups is 1. The fourth-order valence-corrected chi connectivity index (χ4v) is 5.46. The van der Waals surface area contributed by atoms with Crippen molar-refractivity contribution in [2.45, 2.75) is 19.9 Å². The van der Waals surface area contributed by atoms with E-state index >= 15 is 0 Å². The lowest BCUT2D eigenvalue weighted by Crippen LogP contribution is -2.38. The molecule has 0 spiro atoms. The van der Waals surface area contributed by atoms with Gasteiger partial charge >= 0.3 is 0 Å². The number of rotatable bonds is 7. The highest BCUT2D eigenvalue weighted by molar-refractivity contribution is 8.26. The molecule has 9 heteroatoms. The molecule has 0 aliphatic carbocycles. The van der Waals surface area contributed by atoms with Gasteiger partial charge in [0, 0.05) is 45.3 Å². The summed E-state index contributed by atoms with van der Waals surface area (Å²) < 4.78 is 12.9. The van der Waals surface area contributed by atoms with Crippen molar-refractivity contribution in [3.63, 3.8) is 0 Å². The van der Waals surface area contributed by atoms with Gasteiger partial charge < -0.3 is 18.9 Å². The van der Waals surface area contributed by atoms with E-state index in [0.29, 0.717) is 67.2 Å². The van der Waals surface area contributed by atoms with Crippen LogP contribution in [0.2, 0.25) is 0 Å². The molecule has 7 nitrogen and oxygen atoms in total. The van der Waals surface area contributed by atoms with Crippen molar-refractivity contribution in [3.05, 3.63) is 45.1 Å². The molecule has 1 amide bonds. The number of morpholine rings is 1. The molecular weight excluding hydrogens is 446 g/mol. The Morgan fingerprint density at radius 1 is 1.22 bits per heavy atom. The molecule has 170 valence electrons. The van der Waals surface area contributed by atoms with Crippen molar-refractivity contribution < 1.29 is 14.3 Å². The monoisotopic (exact) mass is 473 g/mol. The number of hydrogen-bond donors (Lipinski definition) is 0. The molecule has 3 heterocycles. The highest BCUT2D eigenvalue weighted by Gasteiger charge is 2.32. The molecule has 1 aromatic carbocycles. The van der Waals surface area contributed by atoms with E-state index in [2.05, 4.69) is 4.90 Å². The van der Waals surface area contributed by atoms with Crippen molar-refractivity contribution in [2.24, 2.45) is 0 Å². The van der Waals surface area contributed by atoms with Crippen molar-refractivity contribution in [3.8, 4) is 0 Å². The number of hydrogen-bond acceptors (Lipinski definition) is 7. The van der Waals surface area contributed by atoms with Crippen LogP contribution in [-0.4, -0.2) is 66.3 Å². The summed E-state index contributed by atoms with van der Waals surface area (Å²) in [5.41, 5.74) is 2.19. The van der Waals surface area contributed by atoms with E-state index in [1.165, 1.54) is 11.8 Å². The van der Waals surface area contributed by atoms with E-state index in [4.69, 9.17) is 21.7 Å². The van der Waals surface area contributed by atoms with Crippen molar-refractivity contribution in [1.29, 1.82) is 0 Å². The molecule has 0 atom stereocenters. The maximum absolute atomic E-state index is 13.6. The third kappa shape index (κ3) is 4.34. The number of methoxy groups -OCH3 is 1. The number of benzene rings is 1. The van der Waals surface area contributed by atoms with Gasteiger partial charge in [-0.15, -0.1) is 0 Å². The zero-order valence-electron chi connectivity index (χ0n) is 18.3. The number of thiocarbonyl (C=S) groups is 1. The van der Waals surface area contributed by atoms with Crippen molar-refractivity contribution in [2.75, 3.05) is 51.5 Å². The molecule has 0 N–H and O–H groups in total. The highest BCUT2D eigenvalue weighted by Crippen LogP contribution is 2.36. The summed E-state index contributed by atoms with van der Waals surface area (Å²) >= 11 is 6.71. The minimum absolute atomic E-state index is 0.0997. The summed E-state index contributed by atoms with van der Waals surface area (Å²) in [6, 6.07) is 7.94. The third-order valence-electron chi connectivity index (χ3n) is 5.70. The molecule has 0 bridgehead atoms. The Labute approximate surface area is 197 Å². The Morgan fingerprint density at radius 3 is 2.69 bits per heavy atom. The first-order valence-corrected chi connectivity index (χ1v) is 12.0. The molecule has 2 aromatic rings. The number of pyridine rings is 1. The Bertz CT molecular complexity index is 1120. The Kier molecular flexibility index (Phi) is 7.30. The third-order valence-corrected chi connectivity index (χ3v) is 7.08. The molecule has 2 fully saturated rings. The van der Waals surface area contributed by atoms with Crippen LogP contribution in [0.3, 0.4) is 0 Å². The minimum atomic E-state index is -0.153. The van der Waals surface area contributed by atoms with Gasteiger partial charge in [-0.25, -0.2) is 0 Å². The van der Waals surface area contributed by atoms with Crippen LogP contribution in [0.25, 0.3) is 17.0 Å². The largest absolute Gasteiger partial charge is 0.385 e. The van der Waals surface area contributed by atoms with Gasteiger partial charge in [0.15, 0.2) is 0 Å². The van der Waals surface area contributed by atoms with E-state index < -0.39 is 0 Å². The Hall–Kier alpha value is -2.20. The lowest BCUT2D eigenvalue weighted by molar-refractivity contribution is -0.122. The predicted molar refractivity (Wildman–Crippen MR) is 133 cm³/mol. The number of carbonyl (C=O) groups excluding carboxylic acids is 1. The van der Waals surface area contributed by atoms with E-state index in [-0.39, 0.29) is 11.5 Å². The van der Waals surface area contributed by atoms with Crippen LogP contribution in [-0.2, 0) is 20.8 Å². The van der Waals surface area contributed by atoms with Gasteiger partial charge in [-0.2, -0.15) is 0 Å². The standard InChI is InChI=1S/C23H27N3O4S2/c1-3-25-18-8-5-4-7-16(18)20(24-10-13-30-14-11-24)17(21(25)27)15-19-22(28)26(23(31)32-19)9-6-12-29-2/h4-5,7-8,15H,3,6,9-14H2,1-2H3. The second-order valence-electron chi connectivity index (χ2n) is 7.61. The first kappa shape index (κ1) is 23.0. The predicted octanol–water partition coefficient (Wildman–Crippen LogP) is 3.10. The van der Waals surface area contributed by atoms with Crippen LogP contribution in [0.5, 0.6) is 0 Å². The van der Waals surface area contributed by atoms with Crippen LogP contribution in [0.4, 0.5) is 5.69 Å². The molecule has 32 heavy (non-hydrogen) atoms. The number of para-hydroxylation sites is 1. The van der Waals surface area contributed by atoms with Gasteiger partial charge in [0.1, 0.15) is 4.32 Å². The molecular formula is C23H27N3O4S2. The second kappa shape index (κ2) is 10.2. The fourth-order valence-electron chi connectivity index (χ4n) is 4.17. The number of fused-ring (bicyclic) bond motifs is 1. The van der Waals surface area contributed by atoms with Crippen molar-refractivity contribution in [1.82, 2.24) is 9.47 Å². The quantitative estimate of drug-likeness (QED) is 0.348. The summed E-state index contributed by atoms with van der Waals surface area (Å²) in [5, 5.41) is 0.998. The smallest absolute Gasteiger partial charge is 0.266 e. The van der Waals surface area contributed by atoms with Gasteiger partial charge in [-0.05, 0) is 25.5 Å². The first-order chi connectivity index (χ1) is 15.6. The molecule has 4 rings (SSSR count). The molecule has 2 aliphatic rings. The van der Waals surface area contributed by atoms with Gasteiger partial charge in [0.25, 0.3) is 11.5 Å². The maximum Gasteiger partial charge on any atom is 0.266 e. The number of anilines is 1.